The van der Waals surface area contributed by atoms with Crippen molar-refractivity contribution in [1.29, 1.82) is 0 Å². The largest absolute Gasteiger partial charge is 0.274 e. The second kappa shape index (κ2) is 4.19. The molecular weight excluding hydrogens is 254 g/mol. The van der Waals surface area contributed by atoms with Gasteiger partial charge in [0.05, 0.1) is 0 Å². The Morgan fingerprint density at radius 1 is 1.06 bits per heavy atom. The van der Waals surface area contributed by atoms with E-state index in [2.05, 4.69) is 24.9 Å². The molecule has 0 atom stereocenters. The first-order valence-electron chi connectivity index (χ1n) is 5.14. The highest BCUT2D eigenvalue weighted by Gasteiger charge is 2.09. The van der Waals surface area contributed by atoms with Gasteiger partial charge in [0.15, 0.2) is 0 Å². The van der Waals surface area contributed by atoms with Crippen molar-refractivity contribution < 1.29 is 0 Å². The van der Waals surface area contributed by atoms with Crippen LogP contribution in [-0.4, -0.2) is 34.1 Å². The van der Waals surface area contributed by atoms with Gasteiger partial charge in [-0.1, -0.05) is 0 Å². The molecule has 3 aromatic heterocycles. The van der Waals surface area contributed by atoms with Gasteiger partial charge >= 0.3 is 0 Å². The topological polar surface area (TPSA) is 74.3 Å². The molecule has 0 aliphatic carbocycles. The second-order valence-corrected chi connectivity index (χ2v) is 3.86. The molecule has 0 radical (unpaired) electrons. The van der Waals surface area contributed by atoms with Crippen LogP contribution < -0.4 is 0 Å². The standard InChI is InChI=1S/C10H8ClN7/c1-7-13-3-5-18(7)10-15-8(11)14-9(16-10)17-4-2-12-6-17/h2-6H,1H3. The molecule has 0 aliphatic heterocycles. The van der Waals surface area contributed by atoms with Crippen molar-refractivity contribution in [1.82, 2.24) is 34.1 Å². The van der Waals surface area contributed by atoms with Gasteiger partial charge in [0, 0.05) is 24.8 Å². The Hall–Kier alpha value is -2.28. The zero-order valence-corrected chi connectivity index (χ0v) is 10.2. The van der Waals surface area contributed by atoms with E-state index in [9.17, 15) is 0 Å². The summed E-state index contributed by atoms with van der Waals surface area (Å²) >= 11 is 5.91. The molecule has 3 heterocycles. The highest BCUT2D eigenvalue weighted by Crippen LogP contribution is 2.10. The number of rotatable bonds is 2. The molecule has 0 amide bonds. The maximum absolute atomic E-state index is 5.91. The van der Waals surface area contributed by atoms with Crippen molar-refractivity contribution in [2.75, 3.05) is 0 Å². The monoisotopic (exact) mass is 261 g/mol. The average Bonchev–Trinajstić information content (AvgIpc) is 2.98. The van der Waals surface area contributed by atoms with Crippen molar-refractivity contribution in [3.8, 4) is 11.9 Å². The number of halogens is 1. The molecule has 90 valence electrons. The first-order chi connectivity index (χ1) is 8.74. The highest BCUT2D eigenvalue weighted by atomic mass is 35.5. The number of nitrogens with zero attached hydrogens (tertiary/aromatic N) is 7. The van der Waals surface area contributed by atoms with Crippen molar-refractivity contribution in [3.05, 3.63) is 42.2 Å². The van der Waals surface area contributed by atoms with E-state index in [4.69, 9.17) is 11.6 Å². The van der Waals surface area contributed by atoms with Crippen LogP contribution in [-0.2, 0) is 0 Å². The molecule has 18 heavy (non-hydrogen) atoms. The molecule has 0 N–H and O–H groups in total. The number of aromatic nitrogens is 7. The van der Waals surface area contributed by atoms with Crippen LogP contribution in [0.4, 0.5) is 0 Å². The van der Waals surface area contributed by atoms with Gasteiger partial charge in [-0.3, -0.25) is 9.13 Å². The second-order valence-electron chi connectivity index (χ2n) is 3.52. The Balaban J connectivity index is 2.15. The minimum Gasteiger partial charge on any atom is -0.274 e. The number of hydrogen-bond acceptors (Lipinski definition) is 5. The summed E-state index contributed by atoms with van der Waals surface area (Å²) in [6.45, 7) is 1.86. The quantitative estimate of drug-likeness (QED) is 0.693. The fourth-order valence-corrected chi connectivity index (χ4v) is 1.67. The van der Waals surface area contributed by atoms with E-state index >= 15 is 0 Å². The number of aryl methyl sites for hydroxylation is 1. The van der Waals surface area contributed by atoms with E-state index in [1.807, 2.05) is 6.92 Å². The van der Waals surface area contributed by atoms with Gasteiger partial charge in [0.2, 0.25) is 17.2 Å². The normalized spacial score (nSPS) is 10.8. The van der Waals surface area contributed by atoms with E-state index in [-0.39, 0.29) is 5.28 Å². The Morgan fingerprint density at radius 2 is 1.89 bits per heavy atom. The molecule has 0 spiro atoms. The van der Waals surface area contributed by atoms with Crippen LogP contribution in [0.15, 0.2) is 31.1 Å². The summed E-state index contributed by atoms with van der Waals surface area (Å²) in [6.07, 6.45) is 8.40. The molecule has 7 nitrogen and oxygen atoms in total. The lowest BCUT2D eigenvalue weighted by molar-refractivity contribution is 0.820. The summed E-state index contributed by atoms with van der Waals surface area (Å²) in [7, 11) is 0. The molecule has 0 aromatic carbocycles. The minimum atomic E-state index is 0.122. The van der Waals surface area contributed by atoms with Crippen LogP contribution in [0.25, 0.3) is 11.9 Å². The van der Waals surface area contributed by atoms with Crippen LogP contribution in [0, 0.1) is 6.92 Å². The number of imidazole rings is 2. The molecule has 0 fully saturated rings. The molecule has 3 aromatic rings. The zero-order valence-electron chi connectivity index (χ0n) is 9.40. The SMILES string of the molecule is Cc1nccn1-c1nc(Cl)nc(-n2ccnc2)n1. The summed E-state index contributed by atoms with van der Waals surface area (Å²) in [5.74, 6) is 1.61. The third-order valence-corrected chi connectivity index (χ3v) is 2.53. The van der Waals surface area contributed by atoms with Crippen molar-refractivity contribution in [2.45, 2.75) is 6.92 Å². The Labute approximate surface area is 107 Å². The first-order valence-corrected chi connectivity index (χ1v) is 5.52. The molecular formula is C10H8ClN7. The van der Waals surface area contributed by atoms with Crippen molar-refractivity contribution in [3.63, 3.8) is 0 Å². The van der Waals surface area contributed by atoms with Crippen LogP contribution in [0.1, 0.15) is 5.82 Å². The van der Waals surface area contributed by atoms with Gasteiger partial charge in [-0.05, 0) is 18.5 Å². The van der Waals surface area contributed by atoms with Gasteiger partial charge < -0.3 is 0 Å². The van der Waals surface area contributed by atoms with E-state index in [0.717, 1.165) is 5.82 Å². The third-order valence-electron chi connectivity index (χ3n) is 2.36. The van der Waals surface area contributed by atoms with Crippen molar-refractivity contribution in [2.24, 2.45) is 0 Å². The van der Waals surface area contributed by atoms with Crippen LogP contribution in [0.5, 0.6) is 0 Å². The molecule has 8 heteroatoms. The fraction of sp³-hybridized carbons (Fsp3) is 0.100. The number of hydrogen-bond donors (Lipinski definition) is 0. The maximum atomic E-state index is 5.91. The minimum absolute atomic E-state index is 0.122. The lowest BCUT2D eigenvalue weighted by atomic mass is 10.7. The van der Waals surface area contributed by atoms with Gasteiger partial charge in [-0.15, -0.1) is 0 Å². The summed E-state index contributed by atoms with van der Waals surface area (Å²) in [4.78, 5) is 20.5. The van der Waals surface area contributed by atoms with E-state index in [0.29, 0.717) is 11.9 Å². The fourth-order valence-electron chi connectivity index (χ4n) is 1.52. The predicted molar refractivity (Wildman–Crippen MR) is 63.8 cm³/mol. The summed E-state index contributed by atoms with van der Waals surface area (Å²) in [6, 6.07) is 0. The predicted octanol–water partition coefficient (Wildman–Crippen LogP) is 1.20. The van der Waals surface area contributed by atoms with E-state index in [1.165, 1.54) is 0 Å². The van der Waals surface area contributed by atoms with Crippen LogP contribution in [0.2, 0.25) is 5.28 Å². The van der Waals surface area contributed by atoms with E-state index in [1.54, 1.807) is 40.2 Å². The Morgan fingerprint density at radius 3 is 2.56 bits per heavy atom. The zero-order chi connectivity index (χ0) is 12.5. The van der Waals surface area contributed by atoms with Crippen LogP contribution in [0.3, 0.4) is 0 Å². The lowest BCUT2D eigenvalue weighted by Gasteiger charge is -2.05. The van der Waals surface area contributed by atoms with Crippen molar-refractivity contribution >= 4 is 11.6 Å². The summed E-state index contributed by atoms with van der Waals surface area (Å²) in [5.41, 5.74) is 0. The van der Waals surface area contributed by atoms with Gasteiger partial charge in [0.25, 0.3) is 0 Å². The lowest BCUT2D eigenvalue weighted by Crippen LogP contribution is -2.08. The highest BCUT2D eigenvalue weighted by molar-refractivity contribution is 6.28. The van der Waals surface area contributed by atoms with Gasteiger partial charge in [-0.2, -0.15) is 15.0 Å². The smallest absolute Gasteiger partial charge is 0.241 e. The third kappa shape index (κ3) is 1.84. The molecule has 0 unspecified atom stereocenters. The summed E-state index contributed by atoms with van der Waals surface area (Å²) < 4.78 is 3.39. The van der Waals surface area contributed by atoms with E-state index < -0.39 is 0 Å². The molecule has 3 rings (SSSR count). The molecule has 0 aliphatic rings. The van der Waals surface area contributed by atoms with Crippen LogP contribution >= 0.6 is 11.6 Å². The van der Waals surface area contributed by atoms with Gasteiger partial charge in [-0.25, -0.2) is 9.97 Å². The van der Waals surface area contributed by atoms with Gasteiger partial charge in [0.1, 0.15) is 12.2 Å². The molecule has 0 bridgehead atoms. The first kappa shape index (κ1) is 10.8. The average molecular weight is 262 g/mol. The molecule has 0 saturated carbocycles. The maximum Gasteiger partial charge on any atom is 0.241 e. The molecule has 0 saturated heterocycles. The summed E-state index contributed by atoms with van der Waals surface area (Å²) in [5, 5.41) is 0.122. The Kier molecular flexibility index (Phi) is 2.52. The Bertz CT molecular complexity index is 673.